The van der Waals surface area contributed by atoms with Crippen molar-refractivity contribution in [2.45, 2.75) is 33.3 Å². The van der Waals surface area contributed by atoms with E-state index in [1.807, 2.05) is 34.7 Å². The number of ether oxygens (including phenoxy) is 1. The molecule has 0 bridgehead atoms. The highest BCUT2D eigenvalue weighted by Crippen LogP contribution is 2.52. The summed E-state index contributed by atoms with van der Waals surface area (Å²) in [5.41, 5.74) is -0.457. The monoisotopic (exact) mass is 268 g/mol. The fourth-order valence-electron chi connectivity index (χ4n) is 2.78. The molecule has 0 N–H and O–H groups in total. The number of rotatable bonds is 2. The fourth-order valence-corrected chi connectivity index (χ4v) is 2.78. The molecular formula is C14H24N2O3. The summed E-state index contributed by atoms with van der Waals surface area (Å²) in [4.78, 5) is 27.4. The van der Waals surface area contributed by atoms with Gasteiger partial charge in [-0.15, -0.1) is 0 Å². The highest BCUT2D eigenvalue weighted by Gasteiger charge is 2.61. The molecule has 5 heteroatoms. The number of piperidine rings is 1. The molecule has 2 aliphatic rings. The molecule has 2 rings (SSSR count). The van der Waals surface area contributed by atoms with E-state index in [2.05, 4.69) is 0 Å². The van der Waals surface area contributed by atoms with Crippen LogP contribution in [-0.4, -0.2) is 54.1 Å². The zero-order valence-electron chi connectivity index (χ0n) is 12.5. The van der Waals surface area contributed by atoms with Crippen molar-refractivity contribution in [1.29, 1.82) is 0 Å². The molecule has 2 fully saturated rings. The van der Waals surface area contributed by atoms with Gasteiger partial charge in [-0.3, -0.25) is 4.79 Å². The van der Waals surface area contributed by atoms with Crippen LogP contribution >= 0.6 is 0 Å². The second-order valence-corrected chi connectivity index (χ2v) is 6.59. The van der Waals surface area contributed by atoms with Crippen LogP contribution in [0, 0.1) is 17.8 Å². The summed E-state index contributed by atoms with van der Waals surface area (Å²) in [7, 11) is 1.84. The topological polar surface area (TPSA) is 49.9 Å². The summed E-state index contributed by atoms with van der Waals surface area (Å²) in [6.45, 7) is 9.63. The average molecular weight is 268 g/mol. The maximum Gasteiger partial charge on any atom is 0.410 e. The summed E-state index contributed by atoms with van der Waals surface area (Å²) in [6.07, 6.45) is -0.255. The summed E-state index contributed by atoms with van der Waals surface area (Å²) in [5.74, 6) is 1.04. The first-order valence-electron chi connectivity index (χ1n) is 6.97. The number of carbonyl (C=O) groups is 2. The van der Waals surface area contributed by atoms with E-state index in [-0.39, 0.29) is 17.9 Å². The van der Waals surface area contributed by atoms with Gasteiger partial charge in [-0.25, -0.2) is 4.79 Å². The van der Waals surface area contributed by atoms with Gasteiger partial charge in [-0.2, -0.15) is 0 Å². The molecule has 19 heavy (non-hydrogen) atoms. The number of fused-ring (bicyclic) bond motifs is 1. The lowest BCUT2D eigenvalue weighted by Crippen LogP contribution is -2.39. The van der Waals surface area contributed by atoms with Gasteiger partial charge in [0.2, 0.25) is 5.91 Å². The lowest BCUT2D eigenvalue weighted by atomic mass is 10.2. The van der Waals surface area contributed by atoms with Crippen molar-refractivity contribution in [3.05, 3.63) is 0 Å². The van der Waals surface area contributed by atoms with E-state index in [1.54, 1.807) is 9.80 Å². The molecule has 0 aromatic heterocycles. The molecule has 1 aliphatic heterocycles. The molecular weight excluding hydrogens is 244 g/mol. The van der Waals surface area contributed by atoms with E-state index < -0.39 is 5.60 Å². The number of nitrogens with zero attached hydrogens (tertiary/aromatic N) is 2. The number of carbonyl (C=O) groups excluding carboxylic acids is 2. The molecule has 108 valence electrons. The van der Waals surface area contributed by atoms with Crippen LogP contribution in [0.1, 0.15) is 27.7 Å². The standard InChI is InChI=1S/C14H24N2O3/c1-6-15(5)12(17)11-9-7-16(8-10(9)11)13(18)19-14(2,3)4/h9-11H,6-8H2,1-5H3/t9-,10+,11+. The van der Waals surface area contributed by atoms with Gasteiger partial charge in [0.05, 0.1) is 0 Å². The molecule has 0 aromatic carbocycles. The molecule has 1 heterocycles. The molecule has 0 radical (unpaired) electrons. The third kappa shape index (κ3) is 2.85. The van der Waals surface area contributed by atoms with Crippen LogP contribution in [0.2, 0.25) is 0 Å². The lowest BCUT2D eigenvalue weighted by Gasteiger charge is -2.26. The van der Waals surface area contributed by atoms with Gasteiger partial charge in [-0.05, 0) is 39.5 Å². The van der Waals surface area contributed by atoms with E-state index in [1.165, 1.54) is 0 Å². The van der Waals surface area contributed by atoms with Crippen molar-refractivity contribution in [2.75, 3.05) is 26.7 Å². The van der Waals surface area contributed by atoms with Gasteiger partial charge in [0.1, 0.15) is 5.60 Å². The van der Waals surface area contributed by atoms with Gasteiger partial charge in [0, 0.05) is 32.6 Å². The second-order valence-electron chi connectivity index (χ2n) is 6.59. The Hall–Kier alpha value is -1.26. The van der Waals surface area contributed by atoms with Crippen LogP contribution in [0.4, 0.5) is 4.79 Å². The molecule has 1 saturated carbocycles. The van der Waals surface area contributed by atoms with Crippen molar-refractivity contribution in [3.63, 3.8) is 0 Å². The minimum absolute atomic E-state index is 0.128. The summed E-state index contributed by atoms with van der Waals surface area (Å²) in [6, 6.07) is 0. The van der Waals surface area contributed by atoms with Crippen LogP contribution in [0.25, 0.3) is 0 Å². The predicted molar refractivity (Wildman–Crippen MR) is 71.6 cm³/mol. The van der Waals surface area contributed by atoms with Crippen LogP contribution in [0.3, 0.4) is 0 Å². The smallest absolute Gasteiger partial charge is 0.410 e. The lowest BCUT2D eigenvalue weighted by molar-refractivity contribution is -0.132. The summed E-state index contributed by atoms with van der Waals surface area (Å²) < 4.78 is 5.35. The predicted octanol–water partition coefficient (Wildman–Crippen LogP) is 1.58. The molecule has 5 nitrogen and oxygen atoms in total. The van der Waals surface area contributed by atoms with Gasteiger partial charge in [0.15, 0.2) is 0 Å². The van der Waals surface area contributed by atoms with Crippen LogP contribution < -0.4 is 0 Å². The maximum atomic E-state index is 12.0. The normalized spacial score (nSPS) is 28.9. The Morgan fingerprint density at radius 3 is 2.21 bits per heavy atom. The SMILES string of the molecule is CCN(C)C(=O)[C@H]1[C@@H]2CN(C(=O)OC(C)(C)C)C[C@@H]21. The van der Waals surface area contributed by atoms with Crippen molar-refractivity contribution >= 4 is 12.0 Å². The van der Waals surface area contributed by atoms with Crippen LogP contribution in [0.15, 0.2) is 0 Å². The Labute approximate surface area is 114 Å². The van der Waals surface area contributed by atoms with Gasteiger partial charge < -0.3 is 14.5 Å². The quantitative estimate of drug-likeness (QED) is 0.764. The van der Waals surface area contributed by atoms with Crippen molar-refractivity contribution in [2.24, 2.45) is 17.8 Å². The van der Waals surface area contributed by atoms with Gasteiger partial charge in [0.25, 0.3) is 0 Å². The Morgan fingerprint density at radius 2 is 1.79 bits per heavy atom. The molecule has 0 aromatic rings. The first kappa shape index (κ1) is 14.2. The van der Waals surface area contributed by atoms with Crippen LogP contribution in [0.5, 0.6) is 0 Å². The largest absolute Gasteiger partial charge is 0.444 e. The zero-order chi connectivity index (χ0) is 14.4. The summed E-state index contributed by atoms with van der Waals surface area (Å²) >= 11 is 0. The van der Waals surface area contributed by atoms with E-state index in [9.17, 15) is 9.59 Å². The minimum Gasteiger partial charge on any atom is -0.444 e. The number of hydrogen-bond donors (Lipinski definition) is 0. The maximum absolute atomic E-state index is 12.0. The van der Waals surface area contributed by atoms with Crippen molar-refractivity contribution in [1.82, 2.24) is 9.80 Å². The van der Waals surface area contributed by atoms with E-state index >= 15 is 0 Å². The summed E-state index contributed by atoms with van der Waals surface area (Å²) in [5, 5.41) is 0. The second kappa shape index (κ2) is 4.69. The van der Waals surface area contributed by atoms with E-state index in [0.29, 0.717) is 24.9 Å². The van der Waals surface area contributed by atoms with Crippen molar-refractivity contribution < 1.29 is 14.3 Å². The minimum atomic E-state index is -0.457. The number of hydrogen-bond acceptors (Lipinski definition) is 3. The van der Waals surface area contributed by atoms with Gasteiger partial charge >= 0.3 is 6.09 Å². The molecule has 2 amide bonds. The van der Waals surface area contributed by atoms with Crippen LogP contribution in [-0.2, 0) is 9.53 Å². The third-order valence-electron chi connectivity index (χ3n) is 3.98. The van der Waals surface area contributed by atoms with Crippen molar-refractivity contribution in [3.8, 4) is 0 Å². The first-order valence-corrected chi connectivity index (χ1v) is 6.97. The first-order chi connectivity index (χ1) is 8.74. The third-order valence-corrected chi connectivity index (χ3v) is 3.98. The highest BCUT2D eigenvalue weighted by molar-refractivity contribution is 5.83. The Bertz CT molecular complexity index is 377. The molecule has 1 aliphatic carbocycles. The van der Waals surface area contributed by atoms with E-state index in [4.69, 9.17) is 4.74 Å². The van der Waals surface area contributed by atoms with E-state index in [0.717, 1.165) is 6.54 Å². The fraction of sp³-hybridized carbons (Fsp3) is 0.857. The van der Waals surface area contributed by atoms with Gasteiger partial charge in [-0.1, -0.05) is 0 Å². The Balaban J connectivity index is 1.84. The number of likely N-dealkylation sites (tertiary alicyclic amines) is 1. The zero-order valence-corrected chi connectivity index (χ0v) is 12.5. The molecule has 0 unspecified atom stereocenters. The Morgan fingerprint density at radius 1 is 1.26 bits per heavy atom. The highest BCUT2D eigenvalue weighted by atomic mass is 16.6. The average Bonchev–Trinajstić information content (AvgIpc) is 2.78. The molecule has 3 atom stereocenters. The number of amides is 2. The molecule has 0 spiro atoms. The Kier molecular flexibility index (Phi) is 3.49. The molecule has 1 saturated heterocycles.